The second kappa shape index (κ2) is 10.1. The molecule has 37 heavy (non-hydrogen) atoms. The minimum atomic E-state index is -3.74. The quantitative estimate of drug-likeness (QED) is 0.336. The molecule has 4 aromatic rings. The highest BCUT2D eigenvalue weighted by Gasteiger charge is 2.38. The molecule has 0 saturated carbocycles. The molecule has 1 aliphatic heterocycles. The van der Waals surface area contributed by atoms with Crippen molar-refractivity contribution in [1.29, 1.82) is 0 Å². The molecule has 5 rings (SSSR count). The number of hydrogen-bond donors (Lipinski definition) is 1. The Kier molecular flexibility index (Phi) is 7.01. The molecular formula is C26H27ClN4O4S2. The van der Waals surface area contributed by atoms with E-state index < -0.39 is 26.1 Å². The number of nitrogens with zero attached hydrogens (tertiary/aromatic N) is 3. The fourth-order valence-electron chi connectivity index (χ4n) is 4.74. The molecular weight excluding hydrogens is 532 g/mol. The summed E-state index contributed by atoms with van der Waals surface area (Å²) in [6.45, 7) is 0.685. The van der Waals surface area contributed by atoms with Crippen LogP contribution in [-0.2, 0) is 26.5 Å². The average Bonchev–Trinajstić information content (AvgIpc) is 3.52. The summed E-state index contributed by atoms with van der Waals surface area (Å²) in [6.07, 6.45) is 3.10. The van der Waals surface area contributed by atoms with Gasteiger partial charge in [-0.15, -0.1) is 0 Å². The lowest BCUT2D eigenvalue weighted by Crippen LogP contribution is -2.31. The van der Waals surface area contributed by atoms with E-state index in [4.69, 9.17) is 11.6 Å². The Balaban J connectivity index is 1.44. The monoisotopic (exact) mass is 558 g/mol. The van der Waals surface area contributed by atoms with E-state index in [2.05, 4.69) is 9.97 Å². The number of H-pyrrole nitrogens is 1. The van der Waals surface area contributed by atoms with Crippen molar-refractivity contribution in [3.63, 3.8) is 0 Å². The molecule has 1 unspecified atom stereocenters. The fourth-order valence-corrected chi connectivity index (χ4v) is 7.44. The van der Waals surface area contributed by atoms with E-state index >= 15 is 0 Å². The first kappa shape index (κ1) is 25.7. The van der Waals surface area contributed by atoms with E-state index in [0.717, 1.165) is 5.56 Å². The van der Waals surface area contributed by atoms with Crippen molar-refractivity contribution >= 4 is 48.4 Å². The van der Waals surface area contributed by atoms with Crippen LogP contribution in [0.5, 0.6) is 0 Å². The van der Waals surface area contributed by atoms with Crippen molar-refractivity contribution in [2.45, 2.75) is 30.2 Å². The number of imidazole rings is 1. The summed E-state index contributed by atoms with van der Waals surface area (Å²) in [6, 6.07) is 20.7. The molecule has 1 aromatic heterocycles. The molecule has 0 spiro atoms. The Hall–Kier alpha value is -2.92. The van der Waals surface area contributed by atoms with Gasteiger partial charge >= 0.3 is 0 Å². The SMILES string of the molecule is CS(=O)(=O)N(CCc1ccccc1)c1ccc2nc(C3CCCN3S(=O)(=O)c3ccc(Cl)cc3)[nH]c2c1. The maximum atomic E-state index is 13.4. The summed E-state index contributed by atoms with van der Waals surface area (Å²) in [5, 5.41) is 0.469. The second-order valence-electron chi connectivity index (χ2n) is 9.12. The molecule has 1 atom stereocenters. The average molecular weight is 559 g/mol. The normalized spacial score (nSPS) is 16.9. The van der Waals surface area contributed by atoms with Crippen LogP contribution in [0, 0.1) is 0 Å². The summed E-state index contributed by atoms with van der Waals surface area (Å²) in [7, 11) is -7.26. The third-order valence-electron chi connectivity index (χ3n) is 6.56. The summed E-state index contributed by atoms with van der Waals surface area (Å²) >= 11 is 5.94. The number of aromatic nitrogens is 2. The largest absolute Gasteiger partial charge is 0.341 e. The van der Waals surface area contributed by atoms with Crippen LogP contribution in [0.4, 0.5) is 5.69 Å². The summed E-state index contributed by atoms with van der Waals surface area (Å²) < 4.78 is 54.8. The van der Waals surface area contributed by atoms with Crippen LogP contribution in [0.3, 0.4) is 0 Å². The van der Waals surface area contributed by atoms with Crippen molar-refractivity contribution < 1.29 is 16.8 Å². The van der Waals surface area contributed by atoms with Crippen molar-refractivity contribution in [2.24, 2.45) is 0 Å². The highest BCUT2D eigenvalue weighted by molar-refractivity contribution is 7.92. The minimum Gasteiger partial charge on any atom is -0.341 e. The topological polar surface area (TPSA) is 103 Å². The zero-order chi connectivity index (χ0) is 26.2. The van der Waals surface area contributed by atoms with Crippen LogP contribution >= 0.6 is 11.6 Å². The second-order valence-corrected chi connectivity index (χ2v) is 13.4. The predicted octanol–water partition coefficient (Wildman–Crippen LogP) is 4.75. The van der Waals surface area contributed by atoms with Gasteiger partial charge in [0.25, 0.3) is 0 Å². The lowest BCUT2D eigenvalue weighted by molar-refractivity contribution is 0.385. The van der Waals surface area contributed by atoms with Gasteiger partial charge in [-0.1, -0.05) is 41.9 Å². The molecule has 194 valence electrons. The van der Waals surface area contributed by atoms with Gasteiger partial charge in [-0.25, -0.2) is 21.8 Å². The number of rotatable bonds is 8. The first-order valence-electron chi connectivity index (χ1n) is 11.9. The number of halogens is 1. The molecule has 1 fully saturated rings. The van der Waals surface area contributed by atoms with E-state index in [1.165, 1.54) is 27.0 Å². The molecule has 1 N–H and O–H groups in total. The molecule has 3 aromatic carbocycles. The Morgan fingerprint density at radius 1 is 1.03 bits per heavy atom. The first-order valence-corrected chi connectivity index (χ1v) is 15.6. The van der Waals surface area contributed by atoms with E-state index in [-0.39, 0.29) is 4.90 Å². The number of hydrogen-bond acceptors (Lipinski definition) is 5. The zero-order valence-corrected chi connectivity index (χ0v) is 22.6. The summed E-state index contributed by atoms with van der Waals surface area (Å²) in [4.78, 5) is 8.12. The number of aromatic amines is 1. The molecule has 0 bridgehead atoms. The van der Waals surface area contributed by atoms with E-state index in [0.29, 0.717) is 59.9 Å². The van der Waals surface area contributed by atoms with Crippen LogP contribution < -0.4 is 4.31 Å². The lowest BCUT2D eigenvalue weighted by Gasteiger charge is -2.22. The lowest BCUT2D eigenvalue weighted by atomic mass is 10.1. The van der Waals surface area contributed by atoms with Crippen LogP contribution in [-0.4, -0.2) is 50.5 Å². The Morgan fingerprint density at radius 3 is 2.46 bits per heavy atom. The van der Waals surface area contributed by atoms with Crippen LogP contribution in [0.1, 0.15) is 30.3 Å². The maximum Gasteiger partial charge on any atom is 0.243 e. The third-order valence-corrected chi connectivity index (χ3v) is 9.93. The fraction of sp³-hybridized carbons (Fsp3) is 0.269. The number of anilines is 1. The van der Waals surface area contributed by atoms with Crippen molar-refractivity contribution in [2.75, 3.05) is 23.7 Å². The summed E-state index contributed by atoms with van der Waals surface area (Å²) in [5.74, 6) is 0.539. The molecule has 0 aliphatic carbocycles. The number of nitrogens with one attached hydrogen (secondary N) is 1. The van der Waals surface area contributed by atoms with Gasteiger partial charge < -0.3 is 4.98 Å². The smallest absolute Gasteiger partial charge is 0.243 e. The maximum absolute atomic E-state index is 13.4. The van der Waals surface area contributed by atoms with Gasteiger partial charge in [-0.3, -0.25) is 4.31 Å². The van der Waals surface area contributed by atoms with Gasteiger partial charge in [0, 0.05) is 18.1 Å². The van der Waals surface area contributed by atoms with E-state index in [1.807, 2.05) is 30.3 Å². The zero-order valence-electron chi connectivity index (χ0n) is 20.2. The van der Waals surface area contributed by atoms with E-state index in [9.17, 15) is 16.8 Å². The predicted molar refractivity (Wildman–Crippen MR) is 146 cm³/mol. The van der Waals surface area contributed by atoms with Gasteiger partial charge in [0.1, 0.15) is 5.82 Å². The third kappa shape index (κ3) is 5.38. The van der Waals surface area contributed by atoms with Crippen LogP contribution in [0.25, 0.3) is 11.0 Å². The van der Waals surface area contributed by atoms with Gasteiger partial charge in [0.15, 0.2) is 0 Å². The molecule has 2 heterocycles. The molecule has 8 nitrogen and oxygen atoms in total. The molecule has 1 saturated heterocycles. The van der Waals surface area contributed by atoms with Gasteiger partial charge in [-0.2, -0.15) is 4.31 Å². The highest BCUT2D eigenvalue weighted by atomic mass is 35.5. The molecule has 0 radical (unpaired) electrons. The van der Waals surface area contributed by atoms with E-state index in [1.54, 1.807) is 30.3 Å². The van der Waals surface area contributed by atoms with Crippen molar-refractivity contribution in [3.8, 4) is 0 Å². The summed E-state index contributed by atoms with van der Waals surface area (Å²) in [5.41, 5.74) is 2.87. The van der Waals surface area contributed by atoms with Crippen LogP contribution in [0.15, 0.2) is 77.7 Å². The van der Waals surface area contributed by atoms with Gasteiger partial charge in [-0.05, 0) is 67.3 Å². The number of benzene rings is 3. The van der Waals surface area contributed by atoms with Gasteiger partial charge in [0.05, 0.1) is 33.9 Å². The Morgan fingerprint density at radius 2 is 1.76 bits per heavy atom. The van der Waals surface area contributed by atoms with Crippen LogP contribution in [0.2, 0.25) is 5.02 Å². The van der Waals surface area contributed by atoms with Crippen molar-refractivity contribution in [1.82, 2.24) is 14.3 Å². The number of sulfonamides is 2. The standard InChI is InChI=1S/C26H27ClN4O4S2/c1-36(32,33)30(17-15-19-6-3-2-4-7-19)21-11-14-23-24(18-21)29-26(28-23)25-8-5-16-31(25)37(34,35)22-12-9-20(27)10-13-22/h2-4,6-7,9-14,18,25H,5,8,15-17H2,1H3,(H,28,29). The first-order chi connectivity index (χ1) is 17.6. The highest BCUT2D eigenvalue weighted by Crippen LogP contribution is 2.36. The van der Waals surface area contributed by atoms with Crippen molar-refractivity contribution in [3.05, 3.63) is 89.2 Å². The van der Waals surface area contributed by atoms with Gasteiger partial charge in [0.2, 0.25) is 20.0 Å². The number of fused-ring (bicyclic) bond motifs is 1. The molecule has 11 heteroatoms. The Bertz CT molecular complexity index is 1620. The Labute approximate surface area is 222 Å². The molecule has 1 aliphatic rings. The minimum absolute atomic E-state index is 0.185. The molecule has 0 amide bonds.